The van der Waals surface area contributed by atoms with Gasteiger partial charge in [0.2, 0.25) is 5.95 Å². The summed E-state index contributed by atoms with van der Waals surface area (Å²) in [5, 5.41) is 11.2. The molecule has 0 radical (unpaired) electrons. The Kier molecular flexibility index (Phi) is 5.30. The molecule has 1 fully saturated rings. The molecular formula is C24H23FN10. The molecule has 1 atom stereocenters. The Morgan fingerprint density at radius 1 is 0.886 bits per heavy atom. The number of piperazine rings is 1. The van der Waals surface area contributed by atoms with Crippen molar-refractivity contribution < 1.29 is 4.39 Å². The van der Waals surface area contributed by atoms with Gasteiger partial charge in [-0.1, -0.05) is 12.1 Å². The maximum Gasteiger partial charge on any atom is 0.225 e. The lowest BCUT2D eigenvalue weighted by Gasteiger charge is -2.35. The highest BCUT2D eigenvalue weighted by atomic mass is 19.1. The Morgan fingerprint density at radius 2 is 1.63 bits per heavy atom. The smallest absolute Gasteiger partial charge is 0.225 e. The molecule has 0 spiro atoms. The standard InChI is InChI=1S/C24H23FN10/c25-20-3-1-16(2-4-20)22(26)19-10-27-24(28-11-19)34-7-5-33(6-8-34)23-21-9-17(18-12-30-31-13-18)14-35(21)32-15-29-23/h1-4,9-15,22H,5-8,26H2,(H,30,31)/t22-/m0/s1. The summed E-state index contributed by atoms with van der Waals surface area (Å²) in [6.45, 7) is 3.07. The number of nitrogens with one attached hydrogen (secondary N) is 1. The van der Waals surface area contributed by atoms with Gasteiger partial charge in [-0.15, -0.1) is 0 Å². The third kappa shape index (κ3) is 4.06. The fraction of sp³-hybridized carbons (Fsp3) is 0.208. The predicted octanol–water partition coefficient (Wildman–Crippen LogP) is 2.42. The Balaban J connectivity index is 1.15. The summed E-state index contributed by atoms with van der Waals surface area (Å²) in [6.07, 6.45) is 10.7. The van der Waals surface area contributed by atoms with E-state index in [0.717, 1.165) is 59.8 Å². The zero-order chi connectivity index (χ0) is 23.8. The molecular weight excluding hydrogens is 447 g/mol. The summed E-state index contributed by atoms with van der Waals surface area (Å²) < 4.78 is 15.0. The van der Waals surface area contributed by atoms with E-state index < -0.39 is 6.04 Å². The van der Waals surface area contributed by atoms with Crippen molar-refractivity contribution in [1.29, 1.82) is 0 Å². The number of hydrogen-bond donors (Lipinski definition) is 2. The second-order valence-corrected chi connectivity index (χ2v) is 8.45. The molecule has 0 saturated carbocycles. The van der Waals surface area contributed by atoms with E-state index in [1.807, 2.05) is 16.9 Å². The van der Waals surface area contributed by atoms with E-state index in [-0.39, 0.29) is 5.82 Å². The first-order valence-corrected chi connectivity index (χ1v) is 11.3. The van der Waals surface area contributed by atoms with Crippen molar-refractivity contribution in [2.45, 2.75) is 6.04 Å². The molecule has 5 aromatic rings. The molecule has 1 aromatic carbocycles. The Morgan fingerprint density at radius 3 is 2.34 bits per heavy atom. The van der Waals surface area contributed by atoms with Gasteiger partial charge in [0.15, 0.2) is 5.82 Å². The summed E-state index contributed by atoms with van der Waals surface area (Å²) in [7, 11) is 0. The maximum atomic E-state index is 13.2. The zero-order valence-electron chi connectivity index (χ0n) is 18.8. The molecule has 1 saturated heterocycles. The molecule has 0 bridgehead atoms. The van der Waals surface area contributed by atoms with Gasteiger partial charge in [0, 0.05) is 67.7 Å². The molecule has 1 aliphatic rings. The molecule has 6 rings (SSSR count). The first kappa shape index (κ1) is 21.2. The van der Waals surface area contributed by atoms with Crippen LogP contribution in [-0.4, -0.2) is 60.9 Å². The fourth-order valence-corrected chi connectivity index (χ4v) is 4.36. The van der Waals surface area contributed by atoms with E-state index >= 15 is 0 Å². The molecule has 10 nitrogen and oxygen atoms in total. The van der Waals surface area contributed by atoms with Crippen LogP contribution in [0.15, 0.2) is 67.6 Å². The van der Waals surface area contributed by atoms with Crippen molar-refractivity contribution in [3.05, 3.63) is 84.6 Å². The molecule has 0 unspecified atom stereocenters. The molecule has 11 heteroatoms. The summed E-state index contributed by atoms with van der Waals surface area (Å²) in [5.41, 5.74) is 10.9. The van der Waals surface area contributed by atoms with Gasteiger partial charge >= 0.3 is 0 Å². The molecule has 4 aromatic heterocycles. The van der Waals surface area contributed by atoms with Crippen LogP contribution in [0.5, 0.6) is 0 Å². The molecule has 35 heavy (non-hydrogen) atoms. The molecule has 176 valence electrons. The van der Waals surface area contributed by atoms with Gasteiger partial charge in [0.05, 0.1) is 12.2 Å². The molecule has 5 heterocycles. The number of benzene rings is 1. The number of aromatic nitrogens is 7. The van der Waals surface area contributed by atoms with Crippen LogP contribution >= 0.6 is 0 Å². The molecule has 1 aliphatic heterocycles. The highest BCUT2D eigenvalue weighted by Crippen LogP contribution is 2.27. The first-order chi connectivity index (χ1) is 17.2. The zero-order valence-corrected chi connectivity index (χ0v) is 18.8. The van der Waals surface area contributed by atoms with Crippen LogP contribution in [-0.2, 0) is 0 Å². The first-order valence-electron chi connectivity index (χ1n) is 11.3. The number of H-pyrrole nitrogens is 1. The summed E-state index contributed by atoms with van der Waals surface area (Å²) in [5.74, 6) is 1.28. The fourth-order valence-electron chi connectivity index (χ4n) is 4.36. The number of fused-ring (bicyclic) bond motifs is 1. The SMILES string of the molecule is N[C@@H](c1ccc(F)cc1)c1cnc(N2CCN(c3ncnn4cc(-c5cn[nH]c5)cc34)CC2)nc1. The number of anilines is 2. The molecule has 0 aliphatic carbocycles. The van der Waals surface area contributed by atoms with Crippen LogP contribution in [0.25, 0.3) is 16.6 Å². The summed E-state index contributed by atoms with van der Waals surface area (Å²) in [6, 6.07) is 7.85. The average Bonchev–Trinajstić information content (AvgIpc) is 3.59. The largest absolute Gasteiger partial charge is 0.351 e. The van der Waals surface area contributed by atoms with Crippen LogP contribution in [0.3, 0.4) is 0 Å². The number of halogens is 1. The minimum atomic E-state index is -0.407. The van der Waals surface area contributed by atoms with Crippen molar-refractivity contribution >= 4 is 17.3 Å². The van der Waals surface area contributed by atoms with Crippen LogP contribution in [0.1, 0.15) is 17.2 Å². The summed E-state index contributed by atoms with van der Waals surface area (Å²) in [4.78, 5) is 18.1. The lowest BCUT2D eigenvalue weighted by atomic mass is 10.0. The Labute approximate surface area is 200 Å². The van der Waals surface area contributed by atoms with E-state index in [1.165, 1.54) is 12.1 Å². The summed E-state index contributed by atoms with van der Waals surface area (Å²) >= 11 is 0. The van der Waals surface area contributed by atoms with Gasteiger partial charge < -0.3 is 15.5 Å². The number of nitrogens with two attached hydrogens (primary N) is 1. The number of rotatable bonds is 5. The van der Waals surface area contributed by atoms with Crippen LogP contribution in [0.2, 0.25) is 0 Å². The second-order valence-electron chi connectivity index (χ2n) is 8.45. The van der Waals surface area contributed by atoms with Crippen LogP contribution in [0, 0.1) is 5.82 Å². The van der Waals surface area contributed by atoms with E-state index in [0.29, 0.717) is 5.95 Å². The van der Waals surface area contributed by atoms with Crippen molar-refractivity contribution in [1.82, 2.24) is 34.8 Å². The van der Waals surface area contributed by atoms with Crippen molar-refractivity contribution in [2.75, 3.05) is 36.0 Å². The lowest BCUT2D eigenvalue weighted by molar-refractivity contribution is 0.626. The number of hydrogen-bond acceptors (Lipinski definition) is 8. The Hall–Kier alpha value is -4.38. The van der Waals surface area contributed by atoms with Gasteiger partial charge in [-0.3, -0.25) is 5.10 Å². The lowest BCUT2D eigenvalue weighted by Crippen LogP contribution is -2.47. The maximum absolute atomic E-state index is 13.2. The highest BCUT2D eigenvalue weighted by Gasteiger charge is 2.23. The third-order valence-corrected chi connectivity index (χ3v) is 6.33. The van der Waals surface area contributed by atoms with Gasteiger partial charge in [-0.25, -0.2) is 23.9 Å². The van der Waals surface area contributed by atoms with Crippen molar-refractivity contribution in [3.63, 3.8) is 0 Å². The third-order valence-electron chi connectivity index (χ3n) is 6.33. The quantitative estimate of drug-likeness (QED) is 0.402. The topological polar surface area (TPSA) is 117 Å². The number of nitrogens with zero attached hydrogens (tertiary/aromatic N) is 8. The van der Waals surface area contributed by atoms with E-state index in [9.17, 15) is 4.39 Å². The highest BCUT2D eigenvalue weighted by molar-refractivity contribution is 5.77. The molecule has 3 N–H and O–H groups in total. The van der Waals surface area contributed by atoms with E-state index in [2.05, 4.69) is 46.1 Å². The minimum Gasteiger partial charge on any atom is -0.351 e. The predicted molar refractivity (Wildman–Crippen MR) is 129 cm³/mol. The number of aromatic amines is 1. The van der Waals surface area contributed by atoms with E-state index in [1.54, 1.807) is 37.1 Å². The van der Waals surface area contributed by atoms with Crippen LogP contribution < -0.4 is 15.5 Å². The normalized spacial score (nSPS) is 15.0. The van der Waals surface area contributed by atoms with Gasteiger partial charge in [-0.05, 0) is 23.8 Å². The van der Waals surface area contributed by atoms with Gasteiger partial charge in [0.1, 0.15) is 17.7 Å². The van der Waals surface area contributed by atoms with E-state index in [4.69, 9.17) is 5.73 Å². The van der Waals surface area contributed by atoms with Crippen molar-refractivity contribution in [2.24, 2.45) is 5.73 Å². The minimum absolute atomic E-state index is 0.287. The molecule has 0 amide bonds. The average molecular weight is 471 g/mol. The van der Waals surface area contributed by atoms with Gasteiger partial charge in [0.25, 0.3) is 0 Å². The van der Waals surface area contributed by atoms with Gasteiger partial charge in [-0.2, -0.15) is 10.2 Å². The Bertz CT molecular complexity index is 1420. The van der Waals surface area contributed by atoms with Crippen molar-refractivity contribution in [3.8, 4) is 11.1 Å². The monoisotopic (exact) mass is 470 g/mol. The second kappa shape index (κ2) is 8.76. The van der Waals surface area contributed by atoms with Crippen LogP contribution in [0.4, 0.5) is 16.2 Å².